The van der Waals surface area contributed by atoms with Crippen molar-refractivity contribution in [2.45, 2.75) is 26.4 Å². The first-order valence-electron chi connectivity index (χ1n) is 8.27. The molecule has 7 heteroatoms. The minimum atomic E-state index is -0.427. The Morgan fingerprint density at radius 3 is 2.58 bits per heavy atom. The van der Waals surface area contributed by atoms with Gasteiger partial charge < -0.3 is 10.6 Å². The van der Waals surface area contributed by atoms with E-state index in [-0.39, 0.29) is 5.91 Å². The number of amides is 1. The first-order valence-corrected chi connectivity index (χ1v) is 8.64. The highest BCUT2D eigenvalue weighted by Crippen LogP contribution is 2.19. The van der Waals surface area contributed by atoms with Gasteiger partial charge in [0.05, 0.1) is 0 Å². The molecule has 1 atom stereocenters. The van der Waals surface area contributed by atoms with E-state index in [0.717, 1.165) is 27.5 Å². The maximum Gasteiger partial charge on any atom is 0.249 e. The highest BCUT2D eigenvalue weighted by atomic mass is 35.5. The largest absolute Gasteiger partial charge is 0.381 e. The van der Waals surface area contributed by atoms with E-state index in [1.165, 1.54) is 17.3 Å². The lowest BCUT2D eigenvalue weighted by atomic mass is 10.1. The molecule has 134 valence electrons. The average Bonchev–Trinajstić information content (AvgIpc) is 3.18. The van der Waals surface area contributed by atoms with Crippen LogP contribution in [0.25, 0.3) is 0 Å². The highest BCUT2D eigenvalue weighted by Gasteiger charge is 2.15. The molecule has 1 aromatic heterocycles. The van der Waals surface area contributed by atoms with E-state index < -0.39 is 6.04 Å². The van der Waals surface area contributed by atoms with Gasteiger partial charge in [-0.05, 0) is 55.3 Å². The predicted octanol–water partition coefficient (Wildman–Crippen LogP) is 4.05. The Kier molecular flexibility index (Phi) is 5.53. The summed E-state index contributed by atoms with van der Waals surface area (Å²) < 4.78 is 1.51. The van der Waals surface area contributed by atoms with Crippen LogP contribution in [0.5, 0.6) is 0 Å². The average molecular weight is 370 g/mol. The fourth-order valence-corrected chi connectivity index (χ4v) is 2.59. The minimum Gasteiger partial charge on any atom is -0.381 e. The standard InChI is InChI=1S/C19H20ClN5O/c1-13-9-15(3-8-18(13)20)10-22-16-4-6-17(7-5-16)24-19(26)14(2)25-12-21-11-23-25/h3-9,11-12,14,22H,10H2,1-2H3,(H,24,26). The Labute approximate surface area is 157 Å². The topological polar surface area (TPSA) is 71.8 Å². The van der Waals surface area contributed by atoms with Crippen LogP contribution in [0.4, 0.5) is 11.4 Å². The Morgan fingerprint density at radius 1 is 1.19 bits per heavy atom. The quantitative estimate of drug-likeness (QED) is 0.687. The van der Waals surface area contributed by atoms with Gasteiger partial charge in [-0.3, -0.25) is 4.79 Å². The Balaban J connectivity index is 1.56. The Bertz CT molecular complexity index is 877. The number of anilines is 2. The second-order valence-electron chi connectivity index (χ2n) is 6.06. The van der Waals surface area contributed by atoms with Gasteiger partial charge >= 0.3 is 0 Å². The summed E-state index contributed by atoms with van der Waals surface area (Å²) in [5.74, 6) is -0.146. The number of aryl methyl sites for hydroxylation is 1. The van der Waals surface area contributed by atoms with Crippen LogP contribution in [0.3, 0.4) is 0 Å². The van der Waals surface area contributed by atoms with E-state index in [1.807, 2.05) is 43.3 Å². The number of benzene rings is 2. The number of nitrogens with one attached hydrogen (secondary N) is 2. The summed E-state index contributed by atoms with van der Waals surface area (Å²) in [6, 6.07) is 13.1. The zero-order valence-electron chi connectivity index (χ0n) is 14.6. The molecular formula is C19H20ClN5O. The number of carbonyl (C=O) groups is 1. The number of carbonyl (C=O) groups excluding carboxylic acids is 1. The first kappa shape index (κ1) is 17.9. The van der Waals surface area contributed by atoms with E-state index in [0.29, 0.717) is 6.54 Å². The number of hydrogen-bond acceptors (Lipinski definition) is 4. The molecule has 1 unspecified atom stereocenters. The highest BCUT2D eigenvalue weighted by molar-refractivity contribution is 6.31. The summed E-state index contributed by atoms with van der Waals surface area (Å²) in [5.41, 5.74) is 3.92. The zero-order valence-corrected chi connectivity index (χ0v) is 15.4. The van der Waals surface area contributed by atoms with Crippen molar-refractivity contribution in [1.29, 1.82) is 0 Å². The molecule has 0 saturated carbocycles. The molecule has 3 rings (SSSR count). The molecule has 2 N–H and O–H groups in total. The summed E-state index contributed by atoms with van der Waals surface area (Å²) >= 11 is 6.05. The van der Waals surface area contributed by atoms with E-state index in [9.17, 15) is 4.79 Å². The Morgan fingerprint density at radius 2 is 1.92 bits per heavy atom. The molecule has 0 aliphatic rings. The second kappa shape index (κ2) is 8.01. The number of hydrogen-bond donors (Lipinski definition) is 2. The van der Waals surface area contributed by atoms with E-state index in [1.54, 1.807) is 6.92 Å². The van der Waals surface area contributed by atoms with Crippen molar-refractivity contribution in [3.05, 3.63) is 71.3 Å². The maximum atomic E-state index is 12.2. The van der Waals surface area contributed by atoms with E-state index in [4.69, 9.17) is 11.6 Å². The molecule has 0 aliphatic heterocycles. The predicted molar refractivity (Wildman–Crippen MR) is 103 cm³/mol. The summed E-state index contributed by atoms with van der Waals surface area (Å²) in [6.07, 6.45) is 2.93. The molecule has 0 aliphatic carbocycles. The van der Waals surface area contributed by atoms with Gasteiger partial charge in [0.2, 0.25) is 5.91 Å². The van der Waals surface area contributed by atoms with Crippen LogP contribution < -0.4 is 10.6 Å². The molecule has 1 heterocycles. The van der Waals surface area contributed by atoms with Gasteiger partial charge in [0.25, 0.3) is 0 Å². The SMILES string of the molecule is Cc1cc(CNc2ccc(NC(=O)C(C)n3cncn3)cc2)ccc1Cl. The molecule has 0 spiro atoms. The summed E-state index contributed by atoms with van der Waals surface area (Å²) in [6.45, 7) is 4.46. The van der Waals surface area contributed by atoms with Crippen LogP contribution in [0.15, 0.2) is 55.1 Å². The van der Waals surface area contributed by atoms with Crippen molar-refractivity contribution in [3.8, 4) is 0 Å². The lowest BCUT2D eigenvalue weighted by molar-refractivity contribution is -0.119. The fourth-order valence-electron chi connectivity index (χ4n) is 2.48. The van der Waals surface area contributed by atoms with Crippen LogP contribution in [0.1, 0.15) is 24.1 Å². The lowest BCUT2D eigenvalue weighted by Gasteiger charge is -2.13. The van der Waals surface area contributed by atoms with Gasteiger partial charge in [0.1, 0.15) is 18.7 Å². The number of halogens is 1. The second-order valence-corrected chi connectivity index (χ2v) is 6.46. The summed E-state index contributed by atoms with van der Waals surface area (Å²) in [5, 5.41) is 11.0. The van der Waals surface area contributed by atoms with Crippen LogP contribution in [0, 0.1) is 6.92 Å². The van der Waals surface area contributed by atoms with Crippen LogP contribution >= 0.6 is 11.6 Å². The molecule has 1 amide bonds. The molecule has 3 aromatic rings. The molecule has 6 nitrogen and oxygen atoms in total. The number of rotatable bonds is 6. The number of nitrogens with zero attached hydrogens (tertiary/aromatic N) is 3. The third-order valence-electron chi connectivity index (χ3n) is 4.08. The van der Waals surface area contributed by atoms with Crippen molar-refractivity contribution in [1.82, 2.24) is 14.8 Å². The lowest BCUT2D eigenvalue weighted by Crippen LogP contribution is -2.24. The van der Waals surface area contributed by atoms with Crippen LogP contribution in [0.2, 0.25) is 5.02 Å². The van der Waals surface area contributed by atoms with Gasteiger partial charge in [-0.2, -0.15) is 5.10 Å². The first-order chi connectivity index (χ1) is 12.5. The fraction of sp³-hybridized carbons (Fsp3) is 0.211. The summed E-state index contributed by atoms with van der Waals surface area (Å²) in [4.78, 5) is 16.1. The molecule has 0 fully saturated rings. The molecule has 0 bridgehead atoms. The van der Waals surface area contributed by atoms with Crippen LogP contribution in [-0.4, -0.2) is 20.7 Å². The van der Waals surface area contributed by atoms with E-state index >= 15 is 0 Å². The molecule has 0 radical (unpaired) electrons. The van der Waals surface area contributed by atoms with Gasteiger partial charge in [-0.1, -0.05) is 23.7 Å². The van der Waals surface area contributed by atoms with Crippen molar-refractivity contribution in [2.24, 2.45) is 0 Å². The smallest absolute Gasteiger partial charge is 0.249 e. The normalized spacial score (nSPS) is 11.8. The van der Waals surface area contributed by atoms with Crippen molar-refractivity contribution >= 4 is 28.9 Å². The van der Waals surface area contributed by atoms with Gasteiger partial charge in [0, 0.05) is 22.9 Å². The monoisotopic (exact) mass is 369 g/mol. The van der Waals surface area contributed by atoms with Gasteiger partial charge in [0.15, 0.2) is 0 Å². The van der Waals surface area contributed by atoms with Crippen molar-refractivity contribution in [3.63, 3.8) is 0 Å². The molecule has 2 aromatic carbocycles. The molecular weight excluding hydrogens is 350 g/mol. The zero-order chi connectivity index (χ0) is 18.5. The van der Waals surface area contributed by atoms with E-state index in [2.05, 4.69) is 26.8 Å². The molecule has 0 saturated heterocycles. The van der Waals surface area contributed by atoms with Crippen molar-refractivity contribution in [2.75, 3.05) is 10.6 Å². The molecule has 26 heavy (non-hydrogen) atoms. The third-order valence-corrected chi connectivity index (χ3v) is 4.51. The number of aromatic nitrogens is 3. The Hall–Kier alpha value is -2.86. The van der Waals surface area contributed by atoms with Gasteiger partial charge in [-0.25, -0.2) is 9.67 Å². The minimum absolute atomic E-state index is 0.146. The summed E-state index contributed by atoms with van der Waals surface area (Å²) in [7, 11) is 0. The van der Waals surface area contributed by atoms with Crippen molar-refractivity contribution < 1.29 is 4.79 Å². The third kappa shape index (κ3) is 4.40. The van der Waals surface area contributed by atoms with Gasteiger partial charge in [-0.15, -0.1) is 0 Å². The maximum absolute atomic E-state index is 12.2. The van der Waals surface area contributed by atoms with Crippen LogP contribution in [-0.2, 0) is 11.3 Å².